The molecular weight excluding hydrogens is 358 g/mol. The molecule has 1 saturated heterocycles. The fraction of sp³-hybridized carbons (Fsp3) is 0.381. The first-order valence-electron chi connectivity index (χ1n) is 9.23. The van der Waals surface area contributed by atoms with Crippen molar-refractivity contribution in [1.29, 1.82) is 0 Å². The van der Waals surface area contributed by atoms with Crippen molar-refractivity contribution >= 4 is 23.0 Å². The Kier molecular flexibility index (Phi) is 6.90. The fourth-order valence-electron chi connectivity index (χ4n) is 3.33. The highest BCUT2D eigenvalue weighted by Gasteiger charge is 2.20. The van der Waals surface area contributed by atoms with Gasteiger partial charge in [0.1, 0.15) is 11.5 Å². The number of nitrogens with zero attached hydrogens (tertiary/aromatic N) is 1. The van der Waals surface area contributed by atoms with Crippen LogP contribution in [0.4, 0.5) is 5.69 Å². The quantitative estimate of drug-likeness (QED) is 0.740. The van der Waals surface area contributed by atoms with E-state index in [2.05, 4.69) is 45.9 Å². The predicted octanol–water partition coefficient (Wildman–Crippen LogP) is 3.65. The first-order chi connectivity index (χ1) is 13.2. The highest BCUT2D eigenvalue weighted by Crippen LogP contribution is 2.28. The predicted molar refractivity (Wildman–Crippen MR) is 114 cm³/mol. The van der Waals surface area contributed by atoms with Crippen molar-refractivity contribution in [3.63, 3.8) is 0 Å². The molecule has 1 fully saturated rings. The lowest BCUT2D eigenvalue weighted by molar-refractivity contribution is 0.199. The van der Waals surface area contributed by atoms with Gasteiger partial charge >= 0.3 is 0 Å². The molecule has 0 atom stereocenters. The second-order valence-electron chi connectivity index (χ2n) is 6.70. The number of benzene rings is 2. The molecule has 0 unspecified atom stereocenters. The topological polar surface area (TPSA) is 45.8 Å². The number of nitrogens with one attached hydrogen (secondary N) is 2. The number of thiocarbonyl (C=S) groups is 1. The minimum Gasteiger partial charge on any atom is -0.497 e. The molecule has 27 heavy (non-hydrogen) atoms. The van der Waals surface area contributed by atoms with E-state index in [1.165, 1.54) is 5.56 Å². The van der Waals surface area contributed by atoms with Crippen LogP contribution in [-0.4, -0.2) is 43.4 Å². The van der Waals surface area contributed by atoms with Crippen molar-refractivity contribution in [3.8, 4) is 11.5 Å². The van der Waals surface area contributed by atoms with Gasteiger partial charge in [-0.05, 0) is 42.8 Å². The van der Waals surface area contributed by atoms with Crippen molar-refractivity contribution in [2.75, 3.05) is 32.6 Å². The summed E-state index contributed by atoms with van der Waals surface area (Å²) >= 11 is 5.51. The number of piperidine rings is 1. The number of ether oxygens (including phenoxy) is 2. The van der Waals surface area contributed by atoms with E-state index in [1.807, 2.05) is 18.2 Å². The van der Waals surface area contributed by atoms with Gasteiger partial charge in [0.05, 0.1) is 19.9 Å². The monoisotopic (exact) mass is 385 g/mol. The molecule has 6 heteroatoms. The van der Waals surface area contributed by atoms with Crippen LogP contribution in [0.3, 0.4) is 0 Å². The molecule has 0 radical (unpaired) electrons. The molecule has 0 saturated carbocycles. The Balaban J connectivity index is 1.48. The zero-order valence-corrected chi connectivity index (χ0v) is 16.7. The van der Waals surface area contributed by atoms with Crippen molar-refractivity contribution in [3.05, 3.63) is 54.1 Å². The molecule has 2 aromatic rings. The summed E-state index contributed by atoms with van der Waals surface area (Å²) in [4.78, 5) is 2.50. The zero-order chi connectivity index (χ0) is 19.1. The van der Waals surface area contributed by atoms with Crippen molar-refractivity contribution in [2.24, 2.45) is 0 Å². The van der Waals surface area contributed by atoms with Gasteiger partial charge in [-0.2, -0.15) is 0 Å². The van der Waals surface area contributed by atoms with Gasteiger partial charge in [-0.15, -0.1) is 0 Å². The Morgan fingerprint density at radius 3 is 2.48 bits per heavy atom. The van der Waals surface area contributed by atoms with Gasteiger partial charge in [0, 0.05) is 31.7 Å². The summed E-state index contributed by atoms with van der Waals surface area (Å²) < 4.78 is 10.7. The minimum absolute atomic E-state index is 0.383. The van der Waals surface area contributed by atoms with Gasteiger partial charge in [0.25, 0.3) is 0 Å². The normalized spacial score (nSPS) is 15.2. The maximum absolute atomic E-state index is 5.51. The van der Waals surface area contributed by atoms with E-state index in [0.29, 0.717) is 11.2 Å². The maximum Gasteiger partial charge on any atom is 0.171 e. The van der Waals surface area contributed by atoms with E-state index in [0.717, 1.165) is 49.7 Å². The van der Waals surface area contributed by atoms with Crippen LogP contribution in [0.25, 0.3) is 0 Å². The van der Waals surface area contributed by atoms with Gasteiger partial charge < -0.3 is 20.1 Å². The van der Waals surface area contributed by atoms with Crippen LogP contribution in [0, 0.1) is 0 Å². The molecule has 0 aliphatic carbocycles. The van der Waals surface area contributed by atoms with Gasteiger partial charge in [0.2, 0.25) is 0 Å². The van der Waals surface area contributed by atoms with E-state index in [1.54, 1.807) is 14.2 Å². The van der Waals surface area contributed by atoms with Crippen molar-refractivity contribution in [1.82, 2.24) is 10.2 Å². The number of hydrogen-bond acceptors (Lipinski definition) is 4. The maximum atomic E-state index is 5.51. The molecule has 1 aliphatic rings. The van der Waals surface area contributed by atoms with Crippen LogP contribution in [0.15, 0.2) is 48.5 Å². The van der Waals surface area contributed by atoms with E-state index in [-0.39, 0.29) is 0 Å². The summed E-state index contributed by atoms with van der Waals surface area (Å²) in [5.41, 5.74) is 2.17. The number of hydrogen-bond donors (Lipinski definition) is 2. The Bertz CT molecular complexity index is 746. The van der Waals surface area contributed by atoms with Gasteiger partial charge in [0.15, 0.2) is 5.11 Å². The van der Waals surface area contributed by atoms with Crippen LogP contribution in [0.2, 0.25) is 0 Å². The molecule has 0 amide bonds. The molecular formula is C21H27N3O2S. The standard InChI is InChI=1S/C21H27N3O2S/c1-25-18-8-9-20(26-2)19(14-18)23-21(27)22-17-10-12-24(13-11-17)15-16-6-4-3-5-7-16/h3-9,14,17H,10-13,15H2,1-2H3,(H2,22,23,27). The number of methoxy groups -OCH3 is 2. The second-order valence-corrected chi connectivity index (χ2v) is 7.11. The first-order valence-corrected chi connectivity index (χ1v) is 9.64. The molecule has 5 nitrogen and oxygen atoms in total. The summed E-state index contributed by atoms with van der Waals surface area (Å²) in [6.07, 6.45) is 2.15. The average Bonchev–Trinajstić information content (AvgIpc) is 2.70. The van der Waals surface area contributed by atoms with Crippen LogP contribution >= 0.6 is 12.2 Å². The number of anilines is 1. The van der Waals surface area contributed by atoms with E-state index >= 15 is 0 Å². The highest BCUT2D eigenvalue weighted by atomic mass is 32.1. The second kappa shape index (κ2) is 9.58. The molecule has 1 aliphatic heterocycles. The Morgan fingerprint density at radius 2 is 1.81 bits per heavy atom. The Labute approximate surface area is 166 Å². The summed E-state index contributed by atoms with van der Waals surface area (Å²) in [5.74, 6) is 1.49. The van der Waals surface area contributed by atoms with Crippen LogP contribution in [0.1, 0.15) is 18.4 Å². The first kappa shape index (κ1) is 19.5. The molecule has 0 spiro atoms. The molecule has 3 rings (SSSR count). The van der Waals surface area contributed by atoms with E-state index in [4.69, 9.17) is 21.7 Å². The SMILES string of the molecule is COc1ccc(OC)c(NC(=S)NC2CCN(Cc3ccccc3)CC2)c1. The van der Waals surface area contributed by atoms with E-state index < -0.39 is 0 Å². The third-order valence-electron chi connectivity index (χ3n) is 4.83. The average molecular weight is 386 g/mol. The molecule has 0 bridgehead atoms. The Morgan fingerprint density at radius 1 is 1.07 bits per heavy atom. The Hall–Kier alpha value is -2.31. The van der Waals surface area contributed by atoms with Crippen molar-refractivity contribution < 1.29 is 9.47 Å². The zero-order valence-electron chi connectivity index (χ0n) is 15.9. The third kappa shape index (κ3) is 5.58. The summed E-state index contributed by atoms with van der Waals surface area (Å²) in [5, 5.41) is 7.29. The lowest BCUT2D eigenvalue weighted by Crippen LogP contribution is -2.45. The molecule has 2 aromatic carbocycles. The van der Waals surface area contributed by atoms with Crippen molar-refractivity contribution in [2.45, 2.75) is 25.4 Å². The van der Waals surface area contributed by atoms with Gasteiger partial charge in [-0.1, -0.05) is 30.3 Å². The highest BCUT2D eigenvalue weighted by molar-refractivity contribution is 7.80. The largest absolute Gasteiger partial charge is 0.497 e. The van der Waals surface area contributed by atoms with Gasteiger partial charge in [-0.25, -0.2) is 0 Å². The van der Waals surface area contributed by atoms with Crippen LogP contribution in [0.5, 0.6) is 11.5 Å². The lowest BCUT2D eigenvalue weighted by atomic mass is 10.0. The van der Waals surface area contributed by atoms with Gasteiger partial charge in [-0.3, -0.25) is 4.90 Å². The summed E-state index contributed by atoms with van der Waals surface area (Å²) in [6.45, 7) is 3.15. The number of likely N-dealkylation sites (tertiary alicyclic amines) is 1. The molecule has 2 N–H and O–H groups in total. The molecule has 0 aromatic heterocycles. The third-order valence-corrected chi connectivity index (χ3v) is 5.05. The number of rotatable bonds is 6. The van der Waals surface area contributed by atoms with E-state index in [9.17, 15) is 0 Å². The molecule has 144 valence electrons. The molecule has 1 heterocycles. The smallest absolute Gasteiger partial charge is 0.171 e. The van der Waals surface area contributed by atoms with Crippen LogP contribution in [-0.2, 0) is 6.54 Å². The lowest BCUT2D eigenvalue weighted by Gasteiger charge is -2.33. The van der Waals surface area contributed by atoms with Crippen LogP contribution < -0.4 is 20.1 Å². The fourth-order valence-corrected chi connectivity index (χ4v) is 3.61. The summed E-state index contributed by atoms with van der Waals surface area (Å²) in [7, 11) is 3.29. The minimum atomic E-state index is 0.383. The summed E-state index contributed by atoms with van der Waals surface area (Å²) in [6, 6.07) is 16.6.